The highest BCUT2D eigenvalue weighted by molar-refractivity contribution is 5.87. The molecule has 0 atom stereocenters. The zero-order valence-electron chi connectivity index (χ0n) is 13.5. The molecule has 126 valence electrons. The first-order chi connectivity index (χ1) is 11.6. The number of hydrazone groups is 1. The highest BCUT2D eigenvalue weighted by Crippen LogP contribution is 2.23. The maximum Gasteiger partial charge on any atom is 0.332 e. The summed E-state index contributed by atoms with van der Waals surface area (Å²) in [5, 5.41) is 3.75. The summed E-state index contributed by atoms with van der Waals surface area (Å²) in [7, 11) is 0. The maximum absolute atomic E-state index is 12.8. The number of rotatable bonds is 3. The lowest BCUT2D eigenvalue weighted by Crippen LogP contribution is -2.36. The lowest BCUT2D eigenvalue weighted by atomic mass is 9.99. The number of pyridine rings is 1. The van der Waals surface area contributed by atoms with Crippen LogP contribution in [-0.2, 0) is 0 Å². The third-order valence-corrected chi connectivity index (χ3v) is 4.20. The molecule has 8 heteroatoms. The highest BCUT2D eigenvalue weighted by Gasteiger charge is 2.21. The van der Waals surface area contributed by atoms with Crippen molar-refractivity contribution in [3.63, 3.8) is 0 Å². The van der Waals surface area contributed by atoms with Crippen LogP contribution in [0.15, 0.2) is 34.3 Å². The molecule has 24 heavy (non-hydrogen) atoms. The molecule has 3 heterocycles. The Morgan fingerprint density at radius 2 is 2.17 bits per heavy atom. The summed E-state index contributed by atoms with van der Waals surface area (Å²) in [6.45, 7) is 3.89. The fraction of sp³-hybridized carbons (Fsp3) is 0.375. The largest absolute Gasteiger partial charge is 0.356 e. The molecule has 0 aromatic carbocycles. The van der Waals surface area contributed by atoms with E-state index in [1.165, 1.54) is 10.6 Å². The molecule has 0 aliphatic carbocycles. The summed E-state index contributed by atoms with van der Waals surface area (Å²) in [4.78, 5) is 30.3. The molecular formula is C16H20N6O2. The highest BCUT2D eigenvalue weighted by atomic mass is 16.2. The SMILES string of the molecule is CC1CCN(c2nc3ccccn3c(=O)c2C=NNC(N)=O)CC1. The van der Waals surface area contributed by atoms with Crippen molar-refractivity contribution in [2.75, 3.05) is 18.0 Å². The fourth-order valence-electron chi connectivity index (χ4n) is 2.83. The van der Waals surface area contributed by atoms with Crippen LogP contribution in [0.1, 0.15) is 25.3 Å². The van der Waals surface area contributed by atoms with E-state index < -0.39 is 6.03 Å². The van der Waals surface area contributed by atoms with Crippen LogP contribution in [-0.4, -0.2) is 34.7 Å². The monoisotopic (exact) mass is 328 g/mol. The van der Waals surface area contributed by atoms with Crippen molar-refractivity contribution >= 4 is 23.7 Å². The Morgan fingerprint density at radius 3 is 2.88 bits per heavy atom. The molecule has 1 aliphatic heterocycles. The fourth-order valence-corrected chi connectivity index (χ4v) is 2.83. The van der Waals surface area contributed by atoms with Crippen LogP contribution in [0.3, 0.4) is 0 Å². The Labute approximate surface area is 139 Å². The average Bonchev–Trinajstić information content (AvgIpc) is 2.57. The molecule has 2 amide bonds. The van der Waals surface area contributed by atoms with Crippen molar-refractivity contribution in [2.45, 2.75) is 19.8 Å². The molecule has 1 saturated heterocycles. The quantitative estimate of drug-likeness (QED) is 0.646. The minimum Gasteiger partial charge on any atom is -0.356 e. The zero-order chi connectivity index (χ0) is 17.1. The second-order valence-corrected chi connectivity index (χ2v) is 5.99. The second kappa shape index (κ2) is 6.69. The number of piperidine rings is 1. The number of carbonyl (C=O) groups is 1. The number of urea groups is 1. The predicted molar refractivity (Wildman–Crippen MR) is 92.4 cm³/mol. The number of hydrogen-bond acceptors (Lipinski definition) is 5. The summed E-state index contributed by atoms with van der Waals surface area (Å²) in [6, 6.07) is 4.61. The first-order valence-corrected chi connectivity index (χ1v) is 7.91. The number of nitrogens with one attached hydrogen (secondary N) is 1. The van der Waals surface area contributed by atoms with E-state index in [1.54, 1.807) is 18.3 Å². The standard InChI is InChI=1S/C16H20N6O2/c1-11-5-8-21(9-6-11)14-12(10-18-20-16(17)24)15(23)22-7-3-2-4-13(22)19-14/h2-4,7,10-11H,5-6,8-9H2,1H3,(H3,17,20,24). The number of hydrogen-bond donors (Lipinski definition) is 2. The Bertz CT molecular complexity index is 836. The number of nitrogens with zero attached hydrogens (tertiary/aromatic N) is 4. The molecule has 0 unspecified atom stereocenters. The van der Waals surface area contributed by atoms with E-state index in [0.29, 0.717) is 22.9 Å². The molecule has 0 radical (unpaired) electrons. The molecule has 0 bridgehead atoms. The van der Waals surface area contributed by atoms with Gasteiger partial charge in [-0.1, -0.05) is 13.0 Å². The molecule has 3 N–H and O–H groups in total. The predicted octanol–water partition coefficient (Wildman–Crippen LogP) is 0.933. The molecule has 0 spiro atoms. The van der Waals surface area contributed by atoms with Crippen LogP contribution in [0.2, 0.25) is 0 Å². The Balaban J connectivity index is 2.08. The number of primary amides is 1. The molecule has 2 aromatic rings. The third kappa shape index (κ3) is 3.22. The van der Waals surface area contributed by atoms with Gasteiger partial charge in [0.05, 0.1) is 6.21 Å². The Kier molecular flexibility index (Phi) is 4.45. The van der Waals surface area contributed by atoms with Crippen LogP contribution in [0.5, 0.6) is 0 Å². The first kappa shape index (κ1) is 16.0. The van der Waals surface area contributed by atoms with E-state index >= 15 is 0 Å². The number of amides is 2. The lowest BCUT2D eigenvalue weighted by Gasteiger charge is -2.32. The van der Waals surface area contributed by atoms with Gasteiger partial charge in [0.15, 0.2) is 0 Å². The zero-order valence-corrected chi connectivity index (χ0v) is 13.5. The summed E-state index contributed by atoms with van der Waals surface area (Å²) < 4.78 is 1.46. The smallest absolute Gasteiger partial charge is 0.332 e. The summed E-state index contributed by atoms with van der Waals surface area (Å²) in [5.74, 6) is 1.25. The minimum atomic E-state index is -0.784. The van der Waals surface area contributed by atoms with Gasteiger partial charge in [-0.15, -0.1) is 0 Å². The van der Waals surface area contributed by atoms with Crippen LogP contribution < -0.4 is 21.6 Å². The minimum absolute atomic E-state index is 0.232. The lowest BCUT2D eigenvalue weighted by molar-refractivity contribution is 0.249. The van der Waals surface area contributed by atoms with Gasteiger partial charge in [-0.05, 0) is 30.9 Å². The average molecular weight is 328 g/mol. The molecular weight excluding hydrogens is 308 g/mol. The number of aromatic nitrogens is 2. The molecule has 0 saturated carbocycles. The summed E-state index contributed by atoms with van der Waals surface area (Å²) >= 11 is 0. The van der Waals surface area contributed by atoms with E-state index in [2.05, 4.69) is 27.3 Å². The normalized spacial score (nSPS) is 16.0. The van der Waals surface area contributed by atoms with Crippen molar-refractivity contribution in [2.24, 2.45) is 16.8 Å². The first-order valence-electron chi connectivity index (χ1n) is 7.91. The van der Waals surface area contributed by atoms with Gasteiger partial charge in [0, 0.05) is 19.3 Å². The Morgan fingerprint density at radius 1 is 1.42 bits per heavy atom. The van der Waals surface area contributed by atoms with E-state index in [1.807, 2.05) is 6.07 Å². The number of anilines is 1. The summed E-state index contributed by atoms with van der Waals surface area (Å²) in [5.41, 5.74) is 7.81. The van der Waals surface area contributed by atoms with Crippen molar-refractivity contribution in [1.82, 2.24) is 14.8 Å². The van der Waals surface area contributed by atoms with Gasteiger partial charge < -0.3 is 10.6 Å². The van der Waals surface area contributed by atoms with Crippen LogP contribution in [0.25, 0.3) is 5.65 Å². The molecule has 8 nitrogen and oxygen atoms in total. The van der Waals surface area contributed by atoms with Gasteiger partial charge in [-0.2, -0.15) is 5.10 Å². The summed E-state index contributed by atoms with van der Waals surface area (Å²) in [6.07, 6.45) is 5.07. The maximum atomic E-state index is 12.8. The molecule has 1 fully saturated rings. The van der Waals surface area contributed by atoms with Gasteiger partial charge in [-0.25, -0.2) is 15.2 Å². The number of nitrogens with two attached hydrogens (primary N) is 1. The van der Waals surface area contributed by atoms with Crippen LogP contribution in [0, 0.1) is 5.92 Å². The van der Waals surface area contributed by atoms with E-state index in [-0.39, 0.29) is 5.56 Å². The van der Waals surface area contributed by atoms with E-state index in [0.717, 1.165) is 25.9 Å². The van der Waals surface area contributed by atoms with Gasteiger partial charge in [-0.3, -0.25) is 9.20 Å². The third-order valence-electron chi connectivity index (χ3n) is 4.20. The van der Waals surface area contributed by atoms with Crippen molar-refractivity contribution in [1.29, 1.82) is 0 Å². The van der Waals surface area contributed by atoms with Crippen molar-refractivity contribution in [3.05, 3.63) is 40.3 Å². The topological polar surface area (TPSA) is 105 Å². The molecule has 3 rings (SSSR count). The van der Waals surface area contributed by atoms with Gasteiger partial charge >= 0.3 is 6.03 Å². The number of carbonyl (C=O) groups excluding carboxylic acids is 1. The van der Waals surface area contributed by atoms with Gasteiger partial charge in [0.2, 0.25) is 0 Å². The van der Waals surface area contributed by atoms with Crippen molar-refractivity contribution in [3.8, 4) is 0 Å². The molecule has 1 aliphatic rings. The van der Waals surface area contributed by atoms with Gasteiger partial charge in [0.1, 0.15) is 17.0 Å². The van der Waals surface area contributed by atoms with Crippen LogP contribution >= 0.6 is 0 Å². The van der Waals surface area contributed by atoms with Gasteiger partial charge in [0.25, 0.3) is 5.56 Å². The van der Waals surface area contributed by atoms with Crippen molar-refractivity contribution < 1.29 is 4.79 Å². The Hall–Kier alpha value is -2.90. The van der Waals surface area contributed by atoms with E-state index in [4.69, 9.17) is 5.73 Å². The van der Waals surface area contributed by atoms with Crippen LogP contribution in [0.4, 0.5) is 10.6 Å². The number of fused-ring (bicyclic) bond motifs is 1. The van der Waals surface area contributed by atoms with E-state index in [9.17, 15) is 9.59 Å². The molecule has 2 aromatic heterocycles. The second-order valence-electron chi connectivity index (χ2n) is 5.99.